The molecule has 0 spiro atoms. The number of rotatable bonds is 6. The molecule has 0 aliphatic carbocycles. The highest BCUT2D eigenvalue weighted by molar-refractivity contribution is 5.67. The molecule has 1 N–H and O–H groups in total. The molecule has 0 aliphatic rings. The van der Waals surface area contributed by atoms with E-state index in [0.717, 1.165) is 5.56 Å². The molecule has 0 unspecified atom stereocenters. The second-order valence-corrected chi connectivity index (χ2v) is 4.71. The number of halogens is 1. The molecule has 0 saturated heterocycles. The van der Waals surface area contributed by atoms with Gasteiger partial charge in [0.2, 0.25) is 0 Å². The molecule has 0 fully saturated rings. The first-order valence-electron chi connectivity index (χ1n) is 7.14. The molecule has 2 rings (SSSR count). The van der Waals surface area contributed by atoms with Crippen molar-refractivity contribution in [1.29, 1.82) is 0 Å². The fraction of sp³-hybridized carbons (Fsp3) is 0.167. The topological polar surface area (TPSA) is 47.6 Å². The van der Waals surface area contributed by atoms with Crippen LogP contribution in [0.25, 0.3) is 6.08 Å². The normalized spacial score (nSPS) is 10.5. The minimum Gasteiger partial charge on any atom is -0.494 e. The molecule has 0 aromatic heterocycles. The second-order valence-electron chi connectivity index (χ2n) is 4.71. The predicted molar refractivity (Wildman–Crippen MR) is 86.6 cm³/mol. The van der Waals surface area contributed by atoms with Crippen LogP contribution in [0, 0.1) is 5.82 Å². The van der Waals surface area contributed by atoms with Gasteiger partial charge in [0.25, 0.3) is 0 Å². The third-order valence-corrected chi connectivity index (χ3v) is 3.09. The number of nitrogens with one attached hydrogen (secondary N) is 1. The fourth-order valence-electron chi connectivity index (χ4n) is 1.92. The smallest absolute Gasteiger partial charge is 0.407 e. The van der Waals surface area contributed by atoms with E-state index < -0.39 is 11.9 Å². The number of benzene rings is 2. The molecule has 2 aromatic rings. The summed E-state index contributed by atoms with van der Waals surface area (Å²) in [6, 6.07) is 14.3. The van der Waals surface area contributed by atoms with Gasteiger partial charge in [0.05, 0.1) is 7.11 Å². The summed E-state index contributed by atoms with van der Waals surface area (Å²) in [4.78, 5) is 11.5. The lowest BCUT2D eigenvalue weighted by atomic mass is 10.2. The number of ether oxygens (including phenoxy) is 2. The van der Waals surface area contributed by atoms with Gasteiger partial charge in [-0.25, -0.2) is 9.18 Å². The summed E-state index contributed by atoms with van der Waals surface area (Å²) in [7, 11) is 1.41. The molecule has 0 saturated carbocycles. The third-order valence-electron chi connectivity index (χ3n) is 3.09. The highest BCUT2D eigenvalue weighted by Gasteiger charge is 2.05. The zero-order valence-corrected chi connectivity index (χ0v) is 12.8. The van der Waals surface area contributed by atoms with Crippen molar-refractivity contribution in [1.82, 2.24) is 5.32 Å². The molecule has 23 heavy (non-hydrogen) atoms. The Morgan fingerprint density at radius 3 is 2.70 bits per heavy atom. The lowest BCUT2D eigenvalue weighted by molar-refractivity contribution is 0.141. The van der Waals surface area contributed by atoms with E-state index in [2.05, 4.69) is 5.32 Å². The van der Waals surface area contributed by atoms with Crippen molar-refractivity contribution in [3.05, 3.63) is 71.6 Å². The van der Waals surface area contributed by atoms with Crippen LogP contribution in [-0.2, 0) is 11.3 Å². The van der Waals surface area contributed by atoms with Crippen molar-refractivity contribution in [3.8, 4) is 5.75 Å². The number of carbonyl (C=O) groups excluding carboxylic acids is 1. The molecule has 1 amide bonds. The zero-order valence-electron chi connectivity index (χ0n) is 12.8. The van der Waals surface area contributed by atoms with Crippen LogP contribution in [0.2, 0.25) is 0 Å². The summed E-state index contributed by atoms with van der Waals surface area (Å²) in [5.41, 5.74) is 1.31. The van der Waals surface area contributed by atoms with Crippen LogP contribution in [0.15, 0.2) is 54.6 Å². The summed E-state index contributed by atoms with van der Waals surface area (Å²) in [5, 5.41) is 2.57. The molecule has 120 valence electrons. The lowest BCUT2D eigenvalue weighted by Gasteiger charge is -2.05. The quantitative estimate of drug-likeness (QED) is 0.882. The van der Waals surface area contributed by atoms with E-state index in [9.17, 15) is 9.18 Å². The Morgan fingerprint density at radius 2 is 1.96 bits per heavy atom. The third kappa shape index (κ3) is 5.14. The minimum absolute atomic E-state index is 0.183. The van der Waals surface area contributed by atoms with Crippen molar-refractivity contribution in [2.75, 3.05) is 13.7 Å². The van der Waals surface area contributed by atoms with E-state index in [4.69, 9.17) is 9.47 Å². The zero-order chi connectivity index (χ0) is 16.5. The summed E-state index contributed by atoms with van der Waals surface area (Å²) in [6.45, 7) is 0.450. The molecule has 5 heteroatoms. The first-order valence-corrected chi connectivity index (χ1v) is 7.14. The highest BCUT2D eigenvalue weighted by atomic mass is 19.1. The van der Waals surface area contributed by atoms with Gasteiger partial charge in [0.15, 0.2) is 11.6 Å². The maximum atomic E-state index is 13.9. The average molecular weight is 315 g/mol. The van der Waals surface area contributed by atoms with E-state index in [-0.39, 0.29) is 18.9 Å². The van der Waals surface area contributed by atoms with Gasteiger partial charge in [0.1, 0.15) is 6.61 Å². The van der Waals surface area contributed by atoms with Crippen molar-refractivity contribution < 1.29 is 18.7 Å². The van der Waals surface area contributed by atoms with E-state index in [1.54, 1.807) is 30.4 Å². The maximum Gasteiger partial charge on any atom is 0.407 e. The maximum absolute atomic E-state index is 13.9. The number of methoxy groups -OCH3 is 1. The van der Waals surface area contributed by atoms with Gasteiger partial charge in [-0.2, -0.15) is 0 Å². The highest BCUT2D eigenvalue weighted by Crippen LogP contribution is 2.20. The van der Waals surface area contributed by atoms with Crippen molar-refractivity contribution in [2.45, 2.75) is 6.61 Å². The minimum atomic E-state index is -0.524. The Morgan fingerprint density at radius 1 is 1.17 bits per heavy atom. The number of alkyl carbamates (subject to hydrolysis) is 1. The molecule has 0 atom stereocenters. The number of hydrogen-bond donors (Lipinski definition) is 1. The molecular weight excluding hydrogens is 297 g/mol. The van der Waals surface area contributed by atoms with Crippen LogP contribution >= 0.6 is 0 Å². The van der Waals surface area contributed by atoms with Crippen molar-refractivity contribution in [2.24, 2.45) is 0 Å². The lowest BCUT2D eigenvalue weighted by Crippen LogP contribution is -2.24. The fourth-order valence-corrected chi connectivity index (χ4v) is 1.92. The van der Waals surface area contributed by atoms with Crippen LogP contribution in [0.1, 0.15) is 11.1 Å². The molecule has 0 radical (unpaired) electrons. The SMILES string of the molecule is COc1cccc(C=CCNC(=O)OCc2ccccc2)c1F. The van der Waals surface area contributed by atoms with E-state index in [1.807, 2.05) is 30.3 Å². The van der Waals surface area contributed by atoms with Crippen LogP contribution < -0.4 is 10.1 Å². The van der Waals surface area contributed by atoms with Gasteiger partial charge >= 0.3 is 6.09 Å². The first-order chi connectivity index (χ1) is 11.2. The van der Waals surface area contributed by atoms with Gasteiger partial charge in [-0.05, 0) is 11.6 Å². The molecule has 4 nitrogen and oxygen atoms in total. The van der Waals surface area contributed by atoms with Gasteiger partial charge in [-0.15, -0.1) is 0 Å². The Balaban J connectivity index is 1.77. The number of hydrogen-bond acceptors (Lipinski definition) is 3. The average Bonchev–Trinajstić information content (AvgIpc) is 2.59. The van der Waals surface area contributed by atoms with Gasteiger partial charge in [0, 0.05) is 12.1 Å². The second kappa shape index (κ2) is 8.58. The first kappa shape index (κ1) is 16.5. The number of carbonyl (C=O) groups is 1. The monoisotopic (exact) mass is 315 g/mol. The molecular formula is C18H18FNO3. The van der Waals surface area contributed by atoms with Crippen molar-refractivity contribution in [3.63, 3.8) is 0 Å². The van der Waals surface area contributed by atoms with E-state index in [0.29, 0.717) is 5.56 Å². The van der Waals surface area contributed by atoms with E-state index in [1.165, 1.54) is 7.11 Å². The van der Waals surface area contributed by atoms with Crippen LogP contribution in [0.4, 0.5) is 9.18 Å². The summed E-state index contributed by atoms with van der Waals surface area (Å²) < 4.78 is 23.8. The molecule has 0 aliphatic heterocycles. The van der Waals surface area contributed by atoms with Crippen LogP contribution in [0.5, 0.6) is 5.75 Å². The van der Waals surface area contributed by atoms with Crippen molar-refractivity contribution >= 4 is 12.2 Å². The molecule has 0 heterocycles. The van der Waals surface area contributed by atoms with Gasteiger partial charge in [-0.3, -0.25) is 0 Å². The molecule has 0 bridgehead atoms. The Hall–Kier alpha value is -2.82. The Kier molecular flexibility index (Phi) is 6.17. The predicted octanol–water partition coefficient (Wildman–Crippen LogP) is 3.77. The van der Waals surface area contributed by atoms with E-state index >= 15 is 0 Å². The number of amides is 1. The van der Waals surface area contributed by atoms with Crippen LogP contribution in [0.3, 0.4) is 0 Å². The van der Waals surface area contributed by atoms with Gasteiger partial charge < -0.3 is 14.8 Å². The standard InChI is InChI=1S/C18H18FNO3/c1-22-16-11-5-9-15(17(16)19)10-6-12-20-18(21)23-13-14-7-3-2-4-8-14/h2-11H,12-13H2,1H3,(H,20,21). The van der Waals surface area contributed by atoms with Crippen LogP contribution in [-0.4, -0.2) is 19.7 Å². The van der Waals surface area contributed by atoms with Gasteiger partial charge in [-0.1, -0.05) is 54.6 Å². The Labute approximate surface area is 134 Å². The Bertz CT molecular complexity index is 671. The summed E-state index contributed by atoms with van der Waals surface area (Å²) in [5.74, 6) is -0.250. The summed E-state index contributed by atoms with van der Waals surface area (Å²) in [6.07, 6.45) is 2.70. The summed E-state index contributed by atoms with van der Waals surface area (Å²) >= 11 is 0. The molecule has 2 aromatic carbocycles. The largest absolute Gasteiger partial charge is 0.494 e.